The molecule has 2 rings (SSSR count). The summed E-state index contributed by atoms with van der Waals surface area (Å²) in [6, 6.07) is 3.86. The van der Waals surface area contributed by atoms with Crippen molar-refractivity contribution in [1.29, 1.82) is 0 Å². The van der Waals surface area contributed by atoms with Crippen LogP contribution >= 0.6 is 0 Å². The predicted octanol–water partition coefficient (Wildman–Crippen LogP) is 3.50. The SMILES string of the molecule is CC1CN(C(=O)c2cc(C(C)C)cc(C(C)C)c2O)CCO1. The van der Waals surface area contributed by atoms with Crippen LogP contribution in [-0.4, -0.2) is 41.7 Å². The summed E-state index contributed by atoms with van der Waals surface area (Å²) in [6.07, 6.45) is 0.0395. The summed E-state index contributed by atoms with van der Waals surface area (Å²) in [5.41, 5.74) is 2.35. The maximum atomic E-state index is 12.8. The first kappa shape index (κ1) is 16.8. The topological polar surface area (TPSA) is 49.8 Å². The van der Waals surface area contributed by atoms with Crippen LogP contribution in [-0.2, 0) is 4.74 Å². The zero-order chi connectivity index (χ0) is 16.4. The van der Waals surface area contributed by atoms with Crippen molar-refractivity contribution in [1.82, 2.24) is 4.90 Å². The van der Waals surface area contributed by atoms with E-state index in [0.717, 1.165) is 11.1 Å². The van der Waals surface area contributed by atoms with Gasteiger partial charge in [-0.3, -0.25) is 4.79 Å². The normalized spacial score (nSPS) is 19.0. The van der Waals surface area contributed by atoms with Crippen LogP contribution in [0, 0.1) is 0 Å². The zero-order valence-corrected chi connectivity index (χ0v) is 14.2. The Morgan fingerprint density at radius 3 is 2.50 bits per heavy atom. The van der Waals surface area contributed by atoms with Gasteiger partial charge in [-0.25, -0.2) is 0 Å². The Kier molecular flexibility index (Phi) is 5.12. The molecule has 122 valence electrons. The van der Waals surface area contributed by atoms with Gasteiger partial charge in [0.05, 0.1) is 18.3 Å². The van der Waals surface area contributed by atoms with E-state index < -0.39 is 0 Å². The lowest BCUT2D eigenvalue weighted by molar-refractivity contribution is -0.0125. The molecule has 1 fully saturated rings. The van der Waals surface area contributed by atoms with E-state index in [-0.39, 0.29) is 23.7 Å². The van der Waals surface area contributed by atoms with E-state index in [1.54, 1.807) is 4.90 Å². The summed E-state index contributed by atoms with van der Waals surface area (Å²) >= 11 is 0. The number of nitrogens with zero attached hydrogens (tertiary/aromatic N) is 1. The molecular formula is C18H27NO3. The summed E-state index contributed by atoms with van der Waals surface area (Å²) < 4.78 is 5.49. The van der Waals surface area contributed by atoms with Gasteiger partial charge < -0.3 is 14.7 Å². The number of carbonyl (C=O) groups is 1. The molecule has 0 spiro atoms. The molecule has 1 N–H and O–H groups in total. The smallest absolute Gasteiger partial charge is 0.257 e. The maximum absolute atomic E-state index is 12.8. The number of amides is 1. The molecule has 1 saturated heterocycles. The van der Waals surface area contributed by atoms with Crippen molar-refractivity contribution in [2.24, 2.45) is 0 Å². The second kappa shape index (κ2) is 6.69. The molecule has 1 aliphatic heterocycles. The molecule has 1 aromatic carbocycles. The fourth-order valence-corrected chi connectivity index (χ4v) is 2.79. The van der Waals surface area contributed by atoms with Crippen molar-refractivity contribution in [3.63, 3.8) is 0 Å². The minimum absolute atomic E-state index is 0.0395. The lowest BCUT2D eigenvalue weighted by Gasteiger charge is -2.31. The van der Waals surface area contributed by atoms with Gasteiger partial charge in [-0.1, -0.05) is 33.8 Å². The average Bonchev–Trinajstić information content (AvgIpc) is 2.46. The number of phenols is 1. The van der Waals surface area contributed by atoms with Crippen molar-refractivity contribution in [2.75, 3.05) is 19.7 Å². The molecule has 0 aliphatic carbocycles. The minimum Gasteiger partial charge on any atom is -0.507 e. The molecule has 1 amide bonds. The standard InChI is InChI=1S/C18H27NO3/c1-11(2)14-8-15(12(3)4)17(20)16(9-14)18(21)19-6-7-22-13(5)10-19/h8-9,11-13,20H,6-7,10H2,1-5H3. The van der Waals surface area contributed by atoms with Crippen LogP contribution in [0.4, 0.5) is 0 Å². The zero-order valence-electron chi connectivity index (χ0n) is 14.2. The van der Waals surface area contributed by atoms with Gasteiger partial charge in [-0.05, 0) is 36.0 Å². The van der Waals surface area contributed by atoms with Gasteiger partial charge in [0.2, 0.25) is 0 Å². The number of phenolic OH excluding ortho intramolecular Hbond substituents is 1. The molecular weight excluding hydrogens is 278 g/mol. The first-order valence-corrected chi connectivity index (χ1v) is 8.09. The van der Waals surface area contributed by atoms with E-state index in [1.807, 2.05) is 32.9 Å². The summed E-state index contributed by atoms with van der Waals surface area (Å²) in [7, 11) is 0. The van der Waals surface area contributed by atoms with E-state index in [9.17, 15) is 9.90 Å². The van der Waals surface area contributed by atoms with Crippen LogP contribution < -0.4 is 0 Å². The summed E-state index contributed by atoms with van der Waals surface area (Å²) in [5, 5.41) is 10.6. The Bertz CT molecular complexity index is 552. The number of aromatic hydroxyl groups is 1. The highest BCUT2D eigenvalue weighted by molar-refractivity contribution is 5.97. The Hall–Kier alpha value is -1.55. The second-order valence-corrected chi connectivity index (χ2v) is 6.75. The van der Waals surface area contributed by atoms with Crippen molar-refractivity contribution >= 4 is 5.91 Å². The largest absolute Gasteiger partial charge is 0.507 e. The minimum atomic E-state index is -0.1000. The van der Waals surface area contributed by atoms with Gasteiger partial charge in [0.25, 0.3) is 5.91 Å². The van der Waals surface area contributed by atoms with E-state index in [0.29, 0.717) is 31.2 Å². The van der Waals surface area contributed by atoms with Gasteiger partial charge in [0.15, 0.2) is 0 Å². The molecule has 22 heavy (non-hydrogen) atoms. The third-order valence-electron chi connectivity index (χ3n) is 4.21. The van der Waals surface area contributed by atoms with Crippen LogP contribution in [0.1, 0.15) is 67.9 Å². The molecule has 0 radical (unpaired) electrons. The molecule has 0 bridgehead atoms. The molecule has 4 heteroatoms. The molecule has 1 atom stereocenters. The molecule has 1 aromatic rings. The third-order valence-corrected chi connectivity index (χ3v) is 4.21. The van der Waals surface area contributed by atoms with Gasteiger partial charge in [-0.15, -0.1) is 0 Å². The quantitative estimate of drug-likeness (QED) is 0.930. The number of carbonyl (C=O) groups excluding carboxylic acids is 1. The van der Waals surface area contributed by atoms with Crippen molar-refractivity contribution in [3.8, 4) is 5.75 Å². The van der Waals surface area contributed by atoms with E-state index in [4.69, 9.17) is 4.74 Å². The van der Waals surface area contributed by atoms with Crippen LogP contribution in [0.15, 0.2) is 12.1 Å². The monoisotopic (exact) mass is 305 g/mol. The first-order chi connectivity index (χ1) is 10.3. The fraction of sp³-hybridized carbons (Fsp3) is 0.611. The lowest BCUT2D eigenvalue weighted by atomic mass is 9.91. The number of hydrogen-bond acceptors (Lipinski definition) is 3. The summed E-state index contributed by atoms with van der Waals surface area (Å²) in [4.78, 5) is 14.6. The van der Waals surface area contributed by atoms with Gasteiger partial charge in [-0.2, -0.15) is 0 Å². The van der Waals surface area contributed by atoms with Crippen molar-refractivity contribution < 1.29 is 14.6 Å². The fourth-order valence-electron chi connectivity index (χ4n) is 2.79. The highest BCUT2D eigenvalue weighted by Crippen LogP contribution is 2.34. The number of rotatable bonds is 3. The Labute approximate surface area is 133 Å². The van der Waals surface area contributed by atoms with E-state index in [2.05, 4.69) is 13.8 Å². The van der Waals surface area contributed by atoms with Crippen LogP contribution in [0.5, 0.6) is 5.75 Å². The number of ether oxygens (including phenoxy) is 1. The predicted molar refractivity (Wildman–Crippen MR) is 87.6 cm³/mol. The van der Waals surface area contributed by atoms with Crippen LogP contribution in [0.2, 0.25) is 0 Å². The van der Waals surface area contributed by atoms with E-state index >= 15 is 0 Å². The van der Waals surface area contributed by atoms with Crippen molar-refractivity contribution in [3.05, 3.63) is 28.8 Å². The van der Waals surface area contributed by atoms with Gasteiger partial charge in [0, 0.05) is 13.1 Å². The van der Waals surface area contributed by atoms with Crippen molar-refractivity contribution in [2.45, 2.75) is 52.6 Å². The number of hydrogen-bond donors (Lipinski definition) is 1. The molecule has 1 aliphatic rings. The lowest BCUT2D eigenvalue weighted by Crippen LogP contribution is -2.44. The molecule has 0 saturated carbocycles. The first-order valence-electron chi connectivity index (χ1n) is 8.09. The Balaban J connectivity index is 2.42. The van der Waals surface area contributed by atoms with Crippen LogP contribution in [0.25, 0.3) is 0 Å². The van der Waals surface area contributed by atoms with Crippen LogP contribution in [0.3, 0.4) is 0 Å². The molecule has 1 heterocycles. The Morgan fingerprint density at radius 2 is 1.95 bits per heavy atom. The molecule has 1 unspecified atom stereocenters. The average molecular weight is 305 g/mol. The molecule has 0 aromatic heterocycles. The van der Waals surface area contributed by atoms with E-state index in [1.165, 1.54) is 0 Å². The Morgan fingerprint density at radius 1 is 1.27 bits per heavy atom. The van der Waals surface area contributed by atoms with Gasteiger partial charge in [0.1, 0.15) is 5.75 Å². The number of morpholine rings is 1. The summed E-state index contributed by atoms with van der Waals surface area (Å²) in [6.45, 7) is 11.9. The summed E-state index contributed by atoms with van der Waals surface area (Å²) in [5.74, 6) is 0.516. The number of benzene rings is 1. The van der Waals surface area contributed by atoms with Gasteiger partial charge >= 0.3 is 0 Å². The molecule has 4 nitrogen and oxygen atoms in total. The maximum Gasteiger partial charge on any atom is 0.257 e. The highest BCUT2D eigenvalue weighted by Gasteiger charge is 2.26. The second-order valence-electron chi connectivity index (χ2n) is 6.75. The third kappa shape index (κ3) is 3.43. The highest BCUT2D eigenvalue weighted by atomic mass is 16.5.